The second-order valence-corrected chi connectivity index (χ2v) is 5.73. The number of carbonyl (C=O) groups is 2. The van der Waals surface area contributed by atoms with E-state index in [0.29, 0.717) is 11.1 Å². The zero-order valence-corrected chi connectivity index (χ0v) is 15.0. The molecule has 0 fully saturated rings. The minimum Gasteiger partial charge on any atom is -0.504 e. The number of methoxy groups -OCH3 is 1. The highest BCUT2D eigenvalue weighted by Crippen LogP contribution is 2.40. The number of carbonyl (C=O) groups excluding carboxylic acids is 2. The van der Waals surface area contributed by atoms with Crippen molar-refractivity contribution in [2.45, 2.75) is 20.1 Å². The number of phenols is 1. The smallest absolute Gasteiger partial charge is 0.308 e. The van der Waals surface area contributed by atoms with Gasteiger partial charge in [0.1, 0.15) is 5.75 Å². The lowest BCUT2D eigenvalue weighted by Gasteiger charge is -2.21. The first-order valence-corrected chi connectivity index (χ1v) is 8.11. The van der Waals surface area contributed by atoms with Crippen molar-refractivity contribution in [3.05, 3.63) is 53.6 Å². The van der Waals surface area contributed by atoms with Crippen molar-refractivity contribution >= 4 is 17.8 Å². The molecule has 8 nitrogen and oxygen atoms in total. The number of nitrogens with zero attached hydrogens (tertiary/aromatic N) is 2. The van der Waals surface area contributed by atoms with Crippen LogP contribution in [0, 0.1) is 0 Å². The summed E-state index contributed by atoms with van der Waals surface area (Å²) in [6, 6.07) is 11.5. The Kier molecular flexibility index (Phi) is 4.98. The lowest BCUT2D eigenvalue weighted by atomic mass is 10.1. The van der Waals surface area contributed by atoms with Crippen molar-refractivity contribution in [3.8, 4) is 17.2 Å². The van der Waals surface area contributed by atoms with E-state index in [2.05, 4.69) is 5.10 Å². The summed E-state index contributed by atoms with van der Waals surface area (Å²) in [4.78, 5) is 23.4. The predicted octanol–water partition coefficient (Wildman–Crippen LogP) is 2.57. The molecule has 1 aliphatic heterocycles. The molecular weight excluding hydrogens is 352 g/mol. The summed E-state index contributed by atoms with van der Waals surface area (Å²) in [5.41, 5.74) is 0.720. The van der Waals surface area contributed by atoms with Gasteiger partial charge in [-0.05, 0) is 24.3 Å². The second kappa shape index (κ2) is 7.36. The summed E-state index contributed by atoms with van der Waals surface area (Å²) in [7, 11) is 1.42. The van der Waals surface area contributed by atoms with Gasteiger partial charge in [-0.2, -0.15) is 5.01 Å². The topological polar surface area (TPSA) is 97.7 Å². The highest BCUT2D eigenvalue weighted by atomic mass is 16.5. The van der Waals surface area contributed by atoms with Crippen LogP contribution in [0.2, 0.25) is 0 Å². The number of aromatic hydroxyl groups is 1. The molecule has 0 saturated carbocycles. The van der Waals surface area contributed by atoms with Gasteiger partial charge in [0.2, 0.25) is 18.0 Å². The number of hydrazone groups is 1. The number of esters is 1. The van der Waals surface area contributed by atoms with Gasteiger partial charge in [0, 0.05) is 13.8 Å². The molecule has 1 atom stereocenters. The van der Waals surface area contributed by atoms with Crippen LogP contribution in [-0.4, -0.2) is 35.0 Å². The zero-order valence-electron chi connectivity index (χ0n) is 15.0. The first kappa shape index (κ1) is 18.2. The summed E-state index contributed by atoms with van der Waals surface area (Å²) in [6.07, 6.45) is -0.988. The number of hydrogen-bond donors (Lipinski definition) is 1. The van der Waals surface area contributed by atoms with Crippen LogP contribution in [-0.2, 0) is 14.3 Å². The van der Waals surface area contributed by atoms with Gasteiger partial charge in [-0.25, -0.2) is 0 Å². The average Bonchev–Trinajstić information content (AvgIpc) is 3.07. The van der Waals surface area contributed by atoms with E-state index in [4.69, 9.17) is 14.2 Å². The first-order valence-electron chi connectivity index (χ1n) is 8.11. The molecule has 0 radical (unpaired) electrons. The van der Waals surface area contributed by atoms with Gasteiger partial charge < -0.3 is 19.3 Å². The highest BCUT2D eigenvalue weighted by Gasteiger charge is 2.36. The van der Waals surface area contributed by atoms with Crippen LogP contribution >= 0.6 is 0 Å². The number of amides is 1. The van der Waals surface area contributed by atoms with Gasteiger partial charge in [0.05, 0.1) is 18.2 Å². The third-order valence-electron chi connectivity index (χ3n) is 3.85. The summed E-state index contributed by atoms with van der Waals surface area (Å²) in [5.74, 6) is -0.444. The minimum atomic E-state index is -0.988. The van der Waals surface area contributed by atoms with Gasteiger partial charge in [0.15, 0.2) is 11.5 Å². The van der Waals surface area contributed by atoms with Crippen LogP contribution in [0.4, 0.5) is 0 Å². The number of ether oxygens (including phenoxy) is 3. The molecule has 0 aliphatic carbocycles. The molecule has 3 rings (SSSR count). The Balaban J connectivity index is 2.02. The largest absolute Gasteiger partial charge is 0.504 e. The van der Waals surface area contributed by atoms with Crippen LogP contribution < -0.4 is 9.47 Å². The molecule has 1 amide bonds. The third kappa shape index (κ3) is 3.55. The average molecular weight is 370 g/mol. The Morgan fingerprint density at radius 2 is 1.81 bits per heavy atom. The quantitative estimate of drug-likeness (QED) is 0.656. The van der Waals surface area contributed by atoms with Crippen molar-refractivity contribution in [2.75, 3.05) is 7.11 Å². The third-order valence-corrected chi connectivity index (χ3v) is 3.85. The van der Waals surface area contributed by atoms with Gasteiger partial charge in [0.25, 0.3) is 0 Å². The lowest BCUT2D eigenvalue weighted by molar-refractivity contribution is -0.135. The van der Waals surface area contributed by atoms with Crippen LogP contribution in [0.5, 0.6) is 17.2 Å². The van der Waals surface area contributed by atoms with Crippen molar-refractivity contribution < 1.29 is 28.9 Å². The van der Waals surface area contributed by atoms with E-state index < -0.39 is 12.2 Å². The van der Waals surface area contributed by atoms with E-state index in [1.165, 1.54) is 21.0 Å². The molecule has 0 bridgehead atoms. The maximum atomic E-state index is 12.1. The molecule has 140 valence electrons. The minimum absolute atomic E-state index is 0.0919. The number of hydrogen-bond acceptors (Lipinski definition) is 7. The van der Waals surface area contributed by atoms with E-state index in [1.54, 1.807) is 42.5 Å². The van der Waals surface area contributed by atoms with Gasteiger partial charge >= 0.3 is 5.97 Å². The van der Waals surface area contributed by atoms with Gasteiger partial charge in [-0.1, -0.05) is 18.2 Å². The number of para-hydroxylation sites is 2. The van der Waals surface area contributed by atoms with Crippen LogP contribution in [0.1, 0.15) is 31.2 Å². The summed E-state index contributed by atoms with van der Waals surface area (Å²) >= 11 is 0. The van der Waals surface area contributed by atoms with Crippen LogP contribution in [0.3, 0.4) is 0 Å². The van der Waals surface area contributed by atoms with E-state index >= 15 is 0 Å². The van der Waals surface area contributed by atoms with E-state index in [1.807, 2.05) is 0 Å². The van der Waals surface area contributed by atoms with E-state index in [0.717, 1.165) is 5.01 Å². The van der Waals surface area contributed by atoms with Crippen molar-refractivity contribution in [2.24, 2.45) is 5.10 Å². The monoisotopic (exact) mass is 370 g/mol. The standard InChI is InChI=1S/C19H18N2O6/c1-11(22)21-19(14-8-6-10-16(25-3)17(14)24)27-18(20-21)13-7-4-5-9-15(13)26-12(2)23/h4-10,19,24H,1-3H3/t19-/m0/s1. The molecule has 0 unspecified atom stereocenters. The van der Waals surface area contributed by atoms with Crippen LogP contribution in [0.15, 0.2) is 47.6 Å². The summed E-state index contributed by atoms with van der Waals surface area (Å²) in [6.45, 7) is 2.62. The predicted molar refractivity (Wildman–Crippen MR) is 95.3 cm³/mol. The molecule has 2 aromatic carbocycles. The zero-order chi connectivity index (χ0) is 19.6. The fourth-order valence-corrected chi connectivity index (χ4v) is 2.67. The summed E-state index contributed by atoms with van der Waals surface area (Å²) < 4.78 is 16.2. The van der Waals surface area contributed by atoms with Gasteiger partial charge in [-0.15, -0.1) is 5.10 Å². The molecule has 1 heterocycles. The maximum absolute atomic E-state index is 12.1. The number of phenolic OH excluding ortho intramolecular Hbond substituents is 1. The number of benzene rings is 2. The normalized spacial score (nSPS) is 15.7. The lowest BCUT2D eigenvalue weighted by Crippen LogP contribution is -2.25. The first-order chi connectivity index (χ1) is 12.9. The van der Waals surface area contributed by atoms with Crippen LogP contribution in [0.25, 0.3) is 0 Å². The van der Waals surface area contributed by atoms with Gasteiger partial charge in [-0.3, -0.25) is 9.59 Å². The second-order valence-electron chi connectivity index (χ2n) is 5.73. The molecule has 8 heteroatoms. The molecule has 0 spiro atoms. The number of rotatable bonds is 4. The molecular formula is C19H18N2O6. The molecule has 0 saturated heterocycles. The van der Waals surface area contributed by atoms with Crippen molar-refractivity contribution in [1.82, 2.24) is 5.01 Å². The highest BCUT2D eigenvalue weighted by molar-refractivity contribution is 5.99. The molecule has 0 aromatic heterocycles. The SMILES string of the molecule is COc1cccc([C@@H]2OC(c3ccccc3OC(C)=O)=NN2C(C)=O)c1O. The summed E-state index contributed by atoms with van der Waals surface area (Å²) in [5, 5.41) is 15.7. The Labute approximate surface area is 155 Å². The molecule has 1 aliphatic rings. The Hall–Kier alpha value is -3.55. The maximum Gasteiger partial charge on any atom is 0.308 e. The Bertz CT molecular complexity index is 924. The Morgan fingerprint density at radius 3 is 2.48 bits per heavy atom. The fourth-order valence-electron chi connectivity index (χ4n) is 2.67. The molecule has 2 aromatic rings. The van der Waals surface area contributed by atoms with E-state index in [-0.39, 0.29) is 29.1 Å². The molecule has 1 N–H and O–H groups in total. The Morgan fingerprint density at radius 1 is 1.11 bits per heavy atom. The van der Waals surface area contributed by atoms with E-state index in [9.17, 15) is 14.7 Å². The molecule has 27 heavy (non-hydrogen) atoms. The van der Waals surface area contributed by atoms with Crippen molar-refractivity contribution in [3.63, 3.8) is 0 Å². The fraction of sp³-hybridized carbons (Fsp3) is 0.211. The van der Waals surface area contributed by atoms with Crippen molar-refractivity contribution in [1.29, 1.82) is 0 Å².